The summed E-state index contributed by atoms with van der Waals surface area (Å²) in [7, 11) is 0. The molecule has 150 valence electrons. The highest BCUT2D eigenvalue weighted by Gasteiger charge is 1.99. The average molecular weight is 371 g/mol. The van der Waals surface area contributed by atoms with E-state index in [1.54, 1.807) is 0 Å². The van der Waals surface area contributed by atoms with E-state index < -0.39 is 0 Å². The second-order valence-electron chi connectivity index (χ2n) is 7.56. The zero-order valence-electron chi connectivity index (χ0n) is 17.2. The van der Waals surface area contributed by atoms with Crippen LogP contribution in [0.25, 0.3) is 0 Å². The Hall–Kier alpha value is -1.77. The van der Waals surface area contributed by atoms with Crippen molar-refractivity contribution >= 4 is 0 Å². The molecule has 0 aliphatic carbocycles. The van der Waals surface area contributed by atoms with Crippen LogP contribution in [-0.2, 0) is 12.8 Å². The van der Waals surface area contributed by atoms with E-state index in [0.717, 1.165) is 24.6 Å². The average Bonchev–Trinajstić information content (AvgIpc) is 3.21. The van der Waals surface area contributed by atoms with Crippen molar-refractivity contribution in [1.29, 1.82) is 0 Å². The van der Waals surface area contributed by atoms with Gasteiger partial charge in [-0.3, -0.25) is 0 Å². The van der Waals surface area contributed by atoms with Gasteiger partial charge in [-0.05, 0) is 43.4 Å². The number of benzene rings is 1. The zero-order valence-corrected chi connectivity index (χ0v) is 17.2. The quantitative estimate of drug-likeness (QED) is 0.327. The Bertz CT molecular complexity index is 563. The van der Waals surface area contributed by atoms with Crippen molar-refractivity contribution in [2.45, 2.75) is 90.4 Å². The van der Waals surface area contributed by atoms with Crippen LogP contribution in [-0.4, -0.2) is 16.6 Å². The number of hydrogen-bond donors (Lipinski definition) is 1. The normalized spacial score (nSPS) is 11.0. The SMILES string of the molecule is CCCCCCCCCOc1ccc(CCCCCCc2ncc[nH]2)cc1. The van der Waals surface area contributed by atoms with Gasteiger partial charge in [0.25, 0.3) is 0 Å². The van der Waals surface area contributed by atoms with E-state index in [1.165, 1.54) is 82.6 Å². The fourth-order valence-corrected chi connectivity index (χ4v) is 3.41. The van der Waals surface area contributed by atoms with Gasteiger partial charge in [0.1, 0.15) is 11.6 Å². The fraction of sp³-hybridized carbons (Fsp3) is 0.625. The first-order chi connectivity index (χ1) is 13.4. The summed E-state index contributed by atoms with van der Waals surface area (Å²) in [4.78, 5) is 7.44. The van der Waals surface area contributed by atoms with E-state index in [0.29, 0.717) is 0 Å². The number of nitrogens with one attached hydrogen (secondary N) is 1. The van der Waals surface area contributed by atoms with Gasteiger partial charge in [-0.1, -0.05) is 70.4 Å². The van der Waals surface area contributed by atoms with Gasteiger partial charge in [-0.15, -0.1) is 0 Å². The molecule has 2 aromatic rings. The van der Waals surface area contributed by atoms with Crippen molar-refractivity contribution in [3.05, 3.63) is 48.0 Å². The minimum absolute atomic E-state index is 0.850. The number of imidazole rings is 1. The van der Waals surface area contributed by atoms with Crippen molar-refractivity contribution < 1.29 is 4.74 Å². The molecule has 3 heteroatoms. The van der Waals surface area contributed by atoms with Crippen LogP contribution >= 0.6 is 0 Å². The van der Waals surface area contributed by atoms with Gasteiger partial charge in [0.15, 0.2) is 0 Å². The van der Waals surface area contributed by atoms with Crippen LogP contribution in [0.1, 0.15) is 88.9 Å². The van der Waals surface area contributed by atoms with Crippen molar-refractivity contribution in [3.63, 3.8) is 0 Å². The summed E-state index contributed by atoms with van der Waals surface area (Å²) in [6, 6.07) is 8.72. The van der Waals surface area contributed by atoms with Gasteiger partial charge in [0.05, 0.1) is 6.61 Å². The smallest absolute Gasteiger partial charge is 0.119 e. The molecule has 0 bridgehead atoms. The van der Waals surface area contributed by atoms with Crippen LogP contribution in [0, 0.1) is 0 Å². The molecule has 27 heavy (non-hydrogen) atoms. The zero-order chi connectivity index (χ0) is 19.0. The molecule has 0 aliphatic heterocycles. The number of aromatic amines is 1. The molecule has 0 fully saturated rings. The second kappa shape index (κ2) is 14.3. The maximum Gasteiger partial charge on any atom is 0.119 e. The van der Waals surface area contributed by atoms with E-state index in [1.807, 2.05) is 12.4 Å². The van der Waals surface area contributed by atoms with Crippen LogP contribution in [0.2, 0.25) is 0 Å². The maximum absolute atomic E-state index is 5.87. The number of aryl methyl sites for hydroxylation is 2. The Morgan fingerprint density at radius 2 is 1.44 bits per heavy atom. The number of ether oxygens (including phenoxy) is 1. The van der Waals surface area contributed by atoms with E-state index >= 15 is 0 Å². The molecule has 0 amide bonds. The molecule has 0 saturated heterocycles. The Balaban J connectivity index is 1.46. The Labute approximate surface area is 166 Å². The number of hydrogen-bond acceptors (Lipinski definition) is 2. The molecule has 1 aromatic heterocycles. The van der Waals surface area contributed by atoms with E-state index in [-0.39, 0.29) is 0 Å². The predicted molar refractivity (Wildman–Crippen MR) is 114 cm³/mol. The summed E-state index contributed by atoms with van der Waals surface area (Å²) >= 11 is 0. The lowest BCUT2D eigenvalue weighted by Gasteiger charge is -2.07. The monoisotopic (exact) mass is 370 g/mol. The molecule has 0 saturated carbocycles. The fourth-order valence-electron chi connectivity index (χ4n) is 3.41. The van der Waals surface area contributed by atoms with E-state index in [2.05, 4.69) is 41.2 Å². The van der Waals surface area contributed by atoms with Crippen molar-refractivity contribution in [1.82, 2.24) is 9.97 Å². The van der Waals surface area contributed by atoms with Crippen LogP contribution in [0.5, 0.6) is 5.75 Å². The first kappa shape index (κ1) is 21.5. The standard InChI is InChI=1S/C24H38N2O/c1-2-3-4-5-6-9-12-21-27-23-17-15-22(16-18-23)13-10-7-8-11-14-24-25-19-20-26-24/h15-20H,2-14,21H2,1H3,(H,25,26). The molecule has 1 N–H and O–H groups in total. The summed E-state index contributed by atoms with van der Waals surface area (Å²) < 4.78 is 5.87. The third kappa shape index (κ3) is 10.2. The van der Waals surface area contributed by atoms with Gasteiger partial charge >= 0.3 is 0 Å². The molecule has 2 rings (SSSR count). The van der Waals surface area contributed by atoms with Crippen LogP contribution in [0.15, 0.2) is 36.7 Å². The molecule has 0 atom stereocenters. The number of H-pyrrole nitrogens is 1. The lowest BCUT2D eigenvalue weighted by atomic mass is 10.1. The van der Waals surface area contributed by atoms with E-state index in [9.17, 15) is 0 Å². The molecule has 0 aliphatic rings. The first-order valence-electron chi connectivity index (χ1n) is 11.1. The molecule has 1 heterocycles. The minimum atomic E-state index is 0.850. The second-order valence-corrected chi connectivity index (χ2v) is 7.56. The molecule has 0 spiro atoms. The van der Waals surface area contributed by atoms with Gasteiger partial charge in [-0.25, -0.2) is 4.98 Å². The highest BCUT2D eigenvalue weighted by Crippen LogP contribution is 2.16. The maximum atomic E-state index is 5.87. The first-order valence-corrected chi connectivity index (χ1v) is 11.1. The predicted octanol–water partition coefficient (Wildman–Crippen LogP) is 6.88. The van der Waals surface area contributed by atoms with Crippen LogP contribution in [0.3, 0.4) is 0 Å². The molecular weight excluding hydrogens is 332 g/mol. The summed E-state index contributed by atoms with van der Waals surface area (Å²) in [5, 5.41) is 0. The molecule has 3 nitrogen and oxygen atoms in total. The van der Waals surface area contributed by atoms with Gasteiger partial charge in [0.2, 0.25) is 0 Å². The molecular formula is C24H38N2O. The highest BCUT2D eigenvalue weighted by molar-refractivity contribution is 5.27. The molecule has 0 radical (unpaired) electrons. The number of nitrogens with zero attached hydrogens (tertiary/aromatic N) is 1. The topological polar surface area (TPSA) is 37.9 Å². The summed E-state index contributed by atoms with van der Waals surface area (Å²) in [5.41, 5.74) is 1.42. The Morgan fingerprint density at radius 3 is 2.15 bits per heavy atom. The minimum Gasteiger partial charge on any atom is -0.494 e. The van der Waals surface area contributed by atoms with Gasteiger partial charge < -0.3 is 9.72 Å². The largest absolute Gasteiger partial charge is 0.494 e. The molecule has 1 aromatic carbocycles. The lowest BCUT2D eigenvalue weighted by Crippen LogP contribution is -1.97. The Kier molecular flexibility index (Phi) is 11.4. The van der Waals surface area contributed by atoms with Crippen LogP contribution in [0.4, 0.5) is 0 Å². The van der Waals surface area contributed by atoms with E-state index in [4.69, 9.17) is 4.74 Å². The number of aromatic nitrogens is 2. The van der Waals surface area contributed by atoms with Crippen molar-refractivity contribution in [3.8, 4) is 5.75 Å². The van der Waals surface area contributed by atoms with Gasteiger partial charge in [0, 0.05) is 18.8 Å². The third-order valence-electron chi connectivity index (χ3n) is 5.12. The highest BCUT2D eigenvalue weighted by atomic mass is 16.5. The number of rotatable bonds is 16. The number of unbranched alkanes of at least 4 members (excludes halogenated alkanes) is 9. The summed E-state index contributed by atoms with van der Waals surface area (Å²) in [6.45, 7) is 3.12. The van der Waals surface area contributed by atoms with Crippen molar-refractivity contribution in [2.24, 2.45) is 0 Å². The van der Waals surface area contributed by atoms with Crippen molar-refractivity contribution in [2.75, 3.05) is 6.61 Å². The summed E-state index contributed by atoms with van der Waals surface area (Å²) in [6.07, 6.45) is 20.3. The lowest BCUT2D eigenvalue weighted by molar-refractivity contribution is 0.304. The van der Waals surface area contributed by atoms with Gasteiger partial charge in [-0.2, -0.15) is 0 Å². The molecule has 0 unspecified atom stereocenters. The third-order valence-corrected chi connectivity index (χ3v) is 5.12. The van der Waals surface area contributed by atoms with Crippen LogP contribution < -0.4 is 4.74 Å². The Morgan fingerprint density at radius 1 is 0.778 bits per heavy atom. The summed E-state index contributed by atoms with van der Waals surface area (Å²) in [5.74, 6) is 2.13.